The first-order valence-corrected chi connectivity index (χ1v) is 8.00. The van der Waals surface area contributed by atoms with Crippen molar-refractivity contribution in [1.29, 1.82) is 0 Å². The molecule has 2 aliphatic rings. The zero-order valence-corrected chi connectivity index (χ0v) is 13.5. The number of carbonyl (C=O) groups is 2. The van der Waals surface area contributed by atoms with Gasteiger partial charge in [0.05, 0.1) is 11.7 Å². The van der Waals surface area contributed by atoms with E-state index in [2.05, 4.69) is 5.32 Å². The van der Waals surface area contributed by atoms with Crippen LogP contribution in [0.4, 0.5) is 14.9 Å². The summed E-state index contributed by atoms with van der Waals surface area (Å²) in [5, 5.41) is 22.2. The molecule has 2 unspecified atom stereocenters. The molecule has 0 aliphatic carbocycles. The summed E-state index contributed by atoms with van der Waals surface area (Å²) in [6.07, 6.45) is -0.377. The molecule has 136 valence electrons. The summed E-state index contributed by atoms with van der Waals surface area (Å²) in [6, 6.07) is 1.84. The molecule has 1 saturated heterocycles. The normalized spacial score (nSPS) is 26.0. The van der Waals surface area contributed by atoms with Crippen LogP contribution in [0, 0.1) is 5.82 Å². The van der Waals surface area contributed by atoms with E-state index in [9.17, 15) is 19.1 Å². The number of amides is 2. The van der Waals surface area contributed by atoms with Gasteiger partial charge in [-0.15, -0.1) is 0 Å². The number of benzene rings is 1. The zero-order valence-electron chi connectivity index (χ0n) is 13.5. The van der Waals surface area contributed by atoms with Crippen LogP contribution in [0.25, 0.3) is 0 Å². The van der Waals surface area contributed by atoms with Gasteiger partial charge in [0.1, 0.15) is 23.8 Å². The van der Waals surface area contributed by atoms with E-state index in [0.717, 1.165) is 4.90 Å². The molecule has 2 amide bonds. The van der Waals surface area contributed by atoms with Crippen LogP contribution in [0.1, 0.15) is 18.4 Å². The number of piperidine rings is 1. The van der Waals surface area contributed by atoms with E-state index >= 15 is 0 Å². The lowest BCUT2D eigenvalue weighted by Crippen LogP contribution is -2.62. The molecule has 3 rings (SSSR count). The standard InChI is InChI=1S/C16H20FN3O5/c17-10-2-3-11(9-1-4-13(21)19-14(9)10)25-8-16(24)5-6-20(15(22)23)7-12(16)18/h2-3,12,24H,1,4-8,18H2,(H,19,21)(H,22,23). The van der Waals surface area contributed by atoms with Gasteiger partial charge in [0, 0.05) is 25.1 Å². The van der Waals surface area contributed by atoms with Gasteiger partial charge in [0.15, 0.2) is 0 Å². The van der Waals surface area contributed by atoms with Crippen LogP contribution in [0.2, 0.25) is 0 Å². The number of nitrogens with one attached hydrogen (secondary N) is 1. The van der Waals surface area contributed by atoms with Crippen molar-refractivity contribution in [1.82, 2.24) is 4.90 Å². The molecule has 2 aliphatic heterocycles. The van der Waals surface area contributed by atoms with Gasteiger partial charge in [-0.25, -0.2) is 9.18 Å². The summed E-state index contributed by atoms with van der Waals surface area (Å²) in [5.74, 6) is -0.427. The topological polar surface area (TPSA) is 125 Å². The first-order chi connectivity index (χ1) is 11.8. The number of fused-ring (bicyclic) bond motifs is 1. The van der Waals surface area contributed by atoms with E-state index < -0.39 is 23.6 Å². The maximum absolute atomic E-state index is 13.9. The average Bonchev–Trinajstić information content (AvgIpc) is 2.57. The van der Waals surface area contributed by atoms with Gasteiger partial charge in [-0.3, -0.25) is 4.79 Å². The highest BCUT2D eigenvalue weighted by molar-refractivity contribution is 5.94. The van der Waals surface area contributed by atoms with Crippen LogP contribution in [0.15, 0.2) is 12.1 Å². The highest BCUT2D eigenvalue weighted by Gasteiger charge is 2.41. The van der Waals surface area contributed by atoms with Crippen molar-refractivity contribution < 1.29 is 28.9 Å². The molecule has 8 nitrogen and oxygen atoms in total. The Bertz CT molecular complexity index is 713. The smallest absolute Gasteiger partial charge is 0.407 e. The number of rotatable bonds is 3. The maximum atomic E-state index is 13.9. The molecule has 2 heterocycles. The van der Waals surface area contributed by atoms with Gasteiger partial charge in [0.2, 0.25) is 5.91 Å². The Kier molecular flexibility index (Phi) is 4.53. The minimum absolute atomic E-state index is 0.00672. The lowest BCUT2D eigenvalue weighted by atomic mass is 9.88. The maximum Gasteiger partial charge on any atom is 0.407 e. The van der Waals surface area contributed by atoms with Crippen molar-refractivity contribution in [3.63, 3.8) is 0 Å². The van der Waals surface area contributed by atoms with Gasteiger partial charge in [-0.05, 0) is 25.0 Å². The lowest BCUT2D eigenvalue weighted by molar-refractivity contribution is -0.116. The fourth-order valence-electron chi connectivity index (χ4n) is 3.13. The first kappa shape index (κ1) is 17.4. The molecule has 0 saturated carbocycles. The van der Waals surface area contributed by atoms with Gasteiger partial charge in [-0.1, -0.05) is 0 Å². The minimum atomic E-state index is -1.38. The fourth-order valence-corrected chi connectivity index (χ4v) is 3.13. The Morgan fingerprint density at radius 1 is 1.48 bits per heavy atom. The largest absolute Gasteiger partial charge is 0.490 e. The lowest BCUT2D eigenvalue weighted by Gasteiger charge is -2.41. The summed E-state index contributed by atoms with van der Waals surface area (Å²) < 4.78 is 19.6. The predicted octanol–water partition coefficient (Wildman–Crippen LogP) is 0.531. The second-order valence-corrected chi connectivity index (χ2v) is 6.42. The molecule has 0 aromatic heterocycles. The number of nitrogens with two attached hydrogens (primary N) is 1. The van der Waals surface area contributed by atoms with Crippen molar-refractivity contribution in [2.45, 2.75) is 30.9 Å². The number of likely N-dealkylation sites (tertiary alicyclic amines) is 1. The van der Waals surface area contributed by atoms with Gasteiger partial charge < -0.3 is 30.9 Å². The van der Waals surface area contributed by atoms with E-state index in [4.69, 9.17) is 15.6 Å². The SMILES string of the molecule is NC1CN(C(=O)O)CCC1(O)COc1ccc(F)c2c1CCC(=O)N2. The van der Waals surface area contributed by atoms with Crippen molar-refractivity contribution in [3.05, 3.63) is 23.5 Å². The van der Waals surface area contributed by atoms with E-state index in [1.165, 1.54) is 12.1 Å². The highest BCUT2D eigenvalue weighted by atomic mass is 19.1. The van der Waals surface area contributed by atoms with Crippen molar-refractivity contribution in [2.24, 2.45) is 5.73 Å². The summed E-state index contributed by atoms with van der Waals surface area (Å²) in [7, 11) is 0. The number of nitrogens with zero attached hydrogens (tertiary/aromatic N) is 1. The molecule has 0 bridgehead atoms. The molecule has 1 fully saturated rings. The number of halogens is 1. The summed E-state index contributed by atoms with van der Waals surface area (Å²) in [4.78, 5) is 23.6. The number of ether oxygens (including phenoxy) is 1. The molecule has 25 heavy (non-hydrogen) atoms. The van der Waals surface area contributed by atoms with Crippen LogP contribution in [0.5, 0.6) is 5.75 Å². The average molecular weight is 353 g/mol. The molecular formula is C16H20FN3O5. The third-order valence-corrected chi connectivity index (χ3v) is 4.76. The molecule has 2 atom stereocenters. The highest BCUT2D eigenvalue weighted by Crippen LogP contribution is 2.34. The quantitative estimate of drug-likeness (QED) is 0.628. The Balaban J connectivity index is 1.73. The monoisotopic (exact) mass is 353 g/mol. The van der Waals surface area contributed by atoms with Gasteiger partial charge in [-0.2, -0.15) is 0 Å². The number of aliphatic hydroxyl groups is 1. The molecular weight excluding hydrogens is 333 g/mol. The number of anilines is 1. The number of carbonyl (C=O) groups excluding carboxylic acids is 1. The van der Waals surface area contributed by atoms with Crippen LogP contribution in [0.3, 0.4) is 0 Å². The van der Waals surface area contributed by atoms with Crippen LogP contribution >= 0.6 is 0 Å². The van der Waals surface area contributed by atoms with Gasteiger partial charge >= 0.3 is 6.09 Å². The summed E-state index contributed by atoms with van der Waals surface area (Å²) >= 11 is 0. The molecule has 0 radical (unpaired) electrons. The summed E-state index contributed by atoms with van der Waals surface area (Å²) in [6.45, 7) is 0.0148. The second kappa shape index (κ2) is 6.49. The Morgan fingerprint density at radius 3 is 2.92 bits per heavy atom. The zero-order chi connectivity index (χ0) is 18.2. The van der Waals surface area contributed by atoms with E-state index in [1.54, 1.807) is 0 Å². The van der Waals surface area contributed by atoms with E-state index in [0.29, 0.717) is 17.7 Å². The van der Waals surface area contributed by atoms with Crippen molar-refractivity contribution in [2.75, 3.05) is 25.0 Å². The number of hydrogen-bond acceptors (Lipinski definition) is 5. The van der Waals surface area contributed by atoms with Crippen molar-refractivity contribution >= 4 is 17.7 Å². The second-order valence-electron chi connectivity index (χ2n) is 6.42. The third-order valence-electron chi connectivity index (χ3n) is 4.76. The predicted molar refractivity (Wildman–Crippen MR) is 86.0 cm³/mol. The molecule has 9 heteroatoms. The van der Waals surface area contributed by atoms with Crippen molar-refractivity contribution in [3.8, 4) is 5.75 Å². The Labute approximate surface area is 143 Å². The van der Waals surface area contributed by atoms with E-state index in [1.807, 2.05) is 0 Å². The molecule has 5 N–H and O–H groups in total. The third kappa shape index (κ3) is 3.38. The first-order valence-electron chi connectivity index (χ1n) is 8.00. The summed E-state index contributed by atoms with van der Waals surface area (Å²) in [5.41, 5.74) is 5.19. The number of carboxylic acid groups (broad SMARTS) is 1. The molecule has 1 aromatic carbocycles. The fraction of sp³-hybridized carbons (Fsp3) is 0.500. The van der Waals surface area contributed by atoms with Gasteiger partial charge in [0.25, 0.3) is 0 Å². The number of hydrogen-bond donors (Lipinski definition) is 4. The Morgan fingerprint density at radius 2 is 2.24 bits per heavy atom. The van der Waals surface area contributed by atoms with Crippen LogP contribution in [-0.4, -0.2) is 58.5 Å². The van der Waals surface area contributed by atoms with Crippen LogP contribution in [-0.2, 0) is 11.2 Å². The molecule has 1 aromatic rings. The Hall–Kier alpha value is -2.39. The van der Waals surface area contributed by atoms with Crippen LogP contribution < -0.4 is 15.8 Å². The molecule has 0 spiro atoms. The minimum Gasteiger partial charge on any atom is -0.490 e. The van der Waals surface area contributed by atoms with E-state index in [-0.39, 0.29) is 44.1 Å².